The molecule has 0 aromatic heterocycles. The van der Waals surface area contributed by atoms with E-state index >= 15 is 0 Å². The van der Waals surface area contributed by atoms with Crippen molar-refractivity contribution in [3.63, 3.8) is 0 Å². The van der Waals surface area contributed by atoms with Crippen molar-refractivity contribution in [1.82, 2.24) is 0 Å². The van der Waals surface area contributed by atoms with Gasteiger partial charge in [0.1, 0.15) is 14.2 Å². The Morgan fingerprint density at radius 3 is 1.06 bits per heavy atom. The molecule has 0 N–H and O–H groups in total. The molecule has 0 aromatic carbocycles. The van der Waals surface area contributed by atoms with Gasteiger partial charge in [-0.3, -0.25) is 0 Å². The van der Waals surface area contributed by atoms with Crippen LogP contribution in [-0.2, 0) is 9.68 Å². The van der Waals surface area contributed by atoms with Gasteiger partial charge in [-0.2, -0.15) is 0 Å². The van der Waals surface area contributed by atoms with Gasteiger partial charge >= 0.3 is 0 Å². The molecule has 0 atom stereocenters. The highest BCUT2D eigenvalue weighted by molar-refractivity contribution is 5.83. The molecular weight excluding hydrogens is 204 g/mol. The maximum atomic E-state index is 4.55. The molecule has 0 saturated carbocycles. The summed E-state index contributed by atoms with van der Waals surface area (Å²) in [5, 5.41) is 7.48. The molecule has 0 amide bonds. The van der Waals surface area contributed by atoms with Gasteiger partial charge in [-0.1, -0.05) is 38.0 Å². The molecule has 0 spiro atoms. The number of nitrogens with zero attached hydrogens (tertiary/aromatic N) is 2. The summed E-state index contributed by atoms with van der Waals surface area (Å²) in [7, 11) is 3.12. The summed E-state index contributed by atoms with van der Waals surface area (Å²) in [6.07, 6.45) is 0. The molecule has 0 unspecified atom stereocenters. The molecular formula is C12H26N2O2. The minimum atomic E-state index is 0.495. The Kier molecular flexibility index (Phi) is 11.3. The smallest absolute Gasteiger partial charge is 0.106 e. The fraction of sp³-hybridized carbons (Fsp3) is 0.833. The second-order valence-corrected chi connectivity index (χ2v) is 4.14. The summed E-state index contributed by atoms with van der Waals surface area (Å²) < 4.78 is 0. The van der Waals surface area contributed by atoms with Gasteiger partial charge in [0.2, 0.25) is 0 Å². The van der Waals surface area contributed by atoms with Crippen molar-refractivity contribution >= 4 is 11.4 Å². The van der Waals surface area contributed by atoms with Gasteiger partial charge in [0.15, 0.2) is 0 Å². The Morgan fingerprint density at radius 2 is 1.00 bits per heavy atom. The van der Waals surface area contributed by atoms with Crippen molar-refractivity contribution in [2.75, 3.05) is 14.2 Å². The lowest BCUT2D eigenvalue weighted by Gasteiger charge is -1.99. The largest absolute Gasteiger partial charge is 0.399 e. The molecule has 0 aliphatic carbocycles. The van der Waals surface area contributed by atoms with Crippen molar-refractivity contribution < 1.29 is 9.68 Å². The lowest BCUT2D eigenvalue weighted by atomic mass is 10.1. The van der Waals surface area contributed by atoms with E-state index in [2.05, 4.69) is 47.7 Å². The van der Waals surface area contributed by atoms with Crippen LogP contribution in [0.2, 0.25) is 0 Å². The van der Waals surface area contributed by atoms with Gasteiger partial charge in [0.05, 0.1) is 11.4 Å². The zero-order chi connectivity index (χ0) is 13.1. The second-order valence-electron chi connectivity index (χ2n) is 4.14. The third-order valence-electron chi connectivity index (χ3n) is 2.14. The monoisotopic (exact) mass is 230 g/mol. The molecule has 16 heavy (non-hydrogen) atoms. The van der Waals surface area contributed by atoms with Crippen LogP contribution < -0.4 is 0 Å². The van der Waals surface area contributed by atoms with Gasteiger partial charge in [-0.05, 0) is 25.7 Å². The maximum Gasteiger partial charge on any atom is 0.106 e. The molecule has 0 fully saturated rings. The molecule has 0 aliphatic heterocycles. The van der Waals surface area contributed by atoms with Crippen molar-refractivity contribution in [3.8, 4) is 0 Å². The molecule has 4 nitrogen and oxygen atoms in total. The molecule has 96 valence electrons. The lowest BCUT2D eigenvalue weighted by molar-refractivity contribution is 0.211. The van der Waals surface area contributed by atoms with Gasteiger partial charge in [0.25, 0.3) is 0 Å². The molecule has 0 saturated heterocycles. The van der Waals surface area contributed by atoms with E-state index in [1.807, 2.05) is 13.8 Å². The molecule has 0 aromatic rings. The predicted molar refractivity (Wildman–Crippen MR) is 69.9 cm³/mol. The minimum Gasteiger partial charge on any atom is -0.399 e. The summed E-state index contributed by atoms with van der Waals surface area (Å²) >= 11 is 0. The first-order valence-corrected chi connectivity index (χ1v) is 5.52. The van der Waals surface area contributed by atoms with Crippen LogP contribution in [-0.4, -0.2) is 25.6 Å². The molecule has 0 bridgehead atoms. The molecule has 0 heterocycles. The van der Waals surface area contributed by atoms with Gasteiger partial charge in [0, 0.05) is 0 Å². The quantitative estimate of drug-likeness (QED) is 0.549. The van der Waals surface area contributed by atoms with Gasteiger partial charge in [-0.25, -0.2) is 0 Å². The zero-order valence-corrected chi connectivity index (χ0v) is 11.9. The highest BCUT2D eigenvalue weighted by Gasteiger charge is 1.96. The number of hydrogen-bond acceptors (Lipinski definition) is 4. The fourth-order valence-corrected chi connectivity index (χ4v) is 0.499. The second kappa shape index (κ2) is 10.5. The number of oxime groups is 2. The summed E-state index contributed by atoms with van der Waals surface area (Å²) in [5.41, 5.74) is 2.07. The molecule has 4 heteroatoms. The molecule has 0 aliphatic rings. The van der Waals surface area contributed by atoms with Crippen LogP contribution in [0.4, 0.5) is 0 Å². The van der Waals surface area contributed by atoms with E-state index in [1.165, 1.54) is 0 Å². The molecule has 0 radical (unpaired) electrons. The van der Waals surface area contributed by atoms with Crippen molar-refractivity contribution in [2.24, 2.45) is 22.1 Å². The van der Waals surface area contributed by atoms with Gasteiger partial charge in [-0.15, -0.1) is 0 Å². The normalized spacial score (nSPS) is 12.4. The Bertz CT molecular complexity index is 197. The number of hydrogen-bond donors (Lipinski definition) is 0. The van der Waals surface area contributed by atoms with Crippen LogP contribution in [0.15, 0.2) is 10.3 Å². The standard InChI is InChI=1S/2C6H13NO/c2*1-5(2)6(3)7-8-4/h2*5H,1-4H3/b2*7-6+. The average molecular weight is 230 g/mol. The van der Waals surface area contributed by atoms with E-state index in [-0.39, 0.29) is 0 Å². The first-order chi connectivity index (χ1) is 7.36. The van der Waals surface area contributed by atoms with Crippen molar-refractivity contribution in [2.45, 2.75) is 41.5 Å². The third-order valence-corrected chi connectivity index (χ3v) is 2.14. The first-order valence-electron chi connectivity index (χ1n) is 5.52. The van der Waals surface area contributed by atoms with Crippen molar-refractivity contribution in [3.05, 3.63) is 0 Å². The van der Waals surface area contributed by atoms with Crippen LogP contribution in [0.5, 0.6) is 0 Å². The maximum absolute atomic E-state index is 4.55. The van der Waals surface area contributed by atoms with E-state index in [1.54, 1.807) is 14.2 Å². The highest BCUT2D eigenvalue weighted by atomic mass is 16.6. The minimum absolute atomic E-state index is 0.495. The zero-order valence-electron chi connectivity index (χ0n) is 11.9. The Morgan fingerprint density at radius 1 is 0.750 bits per heavy atom. The van der Waals surface area contributed by atoms with E-state index in [9.17, 15) is 0 Å². The Hall–Kier alpha value is -1.06. The summed E-state index contributed by atoms with van der Waals surface area (Å²) in [6, 6.07) is 0. The van der Waals surface area contributed by atoms with Gasteiger partial charge < -0.3 is 9.68 Å². The first kappa shape index (κ1) is 17.3. The summed E-state index contributed by atoms with van der Waals surface area (Å²) in [5.74, 6) is 0.991. The Balaban J connectivity index is 0. The summed E-state index contributed by atoms with van der Waals surface area (Å²) in [6.45, 7) is 12.2. The highest BCUT2D eigenvalue weighted by Crippen LogP contribution is 1.95. The van der Waals surface area contributed by atoms with Crippen LogP contribution in [0.1, 0.15) is 41.5 Å². The van der Waals surface area contributed by atoms with Crippen LogP contribution in [0.25, 0.3) is 0 Å². The lowest BCUT2D eigenvalue weighted by Crippen LogP contribution is -2.01. The van der Waals surface area contributed by atoms with E-state index < -0.39 is 0 Å². The van der Waals surface area contributed by atoms with E-state index in [4.69, 9.17) is 0 Å². The summed E-state index contributed by atoms with van der Waals surface area (Å²) in [4.78, 5) is 9.11. The van der Waals surface area contributed by atoms with Crippen LogP contribution in [0, 0.1) is 11.8 Å². The van der Waals surface area contributed by atoms with Crippen LogP contribution >= 0.6 is 0 Å². The van der Waals surface area contributed by atoms with E-state index in [0.717, 1.165) is 11.4 Å². The third kappa shape index (κ3) is 11.0. The molecule has 0 rings (SSSR count). The SMILES string of the molecule is CO/N=C(\C)C(C)C.CO/N=C(\C)C(C)C. The van der Waals surface area contributed by atoms with Crippen molar-refractivity contribution in [1.29, 1.82) is 0 Å². The van der Waals surface area contributed by atoms with Crippen LogP contribution in [0.3, 0.4) is 0 Å². The number of rotatable bonds is 4. The van der Waals surface area contributed by atoms with E-state index in [0.29, 0.717) is 11.8 Å². The topological polar surface area (TPSA) is 43.2 Å². The fourth-order valence-electron chi connectivity index (χ4n) is 0.499. The average Bonchev–Trinajstić information content (AvgIpc) is 2.19. The Labute approximate surface area is 99.7 Å². The predicted octanol–water partition coefficient (Wildman–Crippen LogP) is 3.33.